The van der Waals surface area contributed by atoms with Gasteiger partial charge in [-0.3, -0.25) is 0 Å². The first-order valence-corrected chi connectivity index (χ1v) is 10.2. The molecule has 0 bridgehead atoms. The molecule has 0 radical (unpaired) electrons. The lowest BCUT2D eigenvalue weighted by Crippen LogP contribution is -2.10. The Bertz CT molecular complexity index is 1360. The van der Waals surface area contributed by atoms with Crippen LogP contribution in [-0.2, 0) is 11.3 Å². The van der Waals surface area contributed by atoms with E-state index in [2.05, 4.69) is 14.5 Å². The summed E-state index contributed by atoms with van der Waals surface area (Å²) in [6.45, 7) is 0.618. The van der Waals surface area contributed by atoms with E-state index in [1.54, 1.807) is 31.4 Å². The minimum Gasteiger partial charge on any atom is -0.508 e. The van der Waals surface area contributed by atoms with Gasteiger partial charge in [0.25, 0.3) is 0 Å². The van der Waals surface area contributed by atoms with Crippen LogP contribution in [0.1, 0.15) is 11.7 Å². The fourth-order valence-corrected chi connectivity index (χ4v) is 3.94. The average Bonchev–Trinajstić information content (AvgIpc) is 3.37. The number of methoxy groups -OCH3 is 1. The van der Waals surface area contributed by atoms with Crippen molar-refractivity contribution in [3.8, 4) is 17.2 Å². The van der Waals surface area contributed by atoms with Crippen LogP contribution in [0.2, 0.25) is 5.02 Å². The Morgan fingerprint density at radius 2 is 1.87 bits per heavy atom. The van der Waals surface area contributed by atoms with Gasteiger partial charge in [0.05, 0.1) is 23.9 Å². The number of phenolic OH excluding ortho intramolecular Hbond substituents is 1. The number of imidazole rings is 1. The Morgan fingerprint density at radius 3 is 2.68 bits per heavy atom. The number of halogens is 1. The molecule has 1 unspecified atom stereocenters. The van der Waals surface area contributed by atoms with Crippen LogP contribution in [0.25, 0.3) is 21.9 Å². The van der Waals surface area contributed by atoms with Crippen molar-refractivity contribution in [3.63, 3.8) is 0 Å². The molecule has 2 aromatic heterocycles. The number of benzene rings is 3. The maximum Gasteiger partial charge on any atom is 0.129 e. The highest BCUT2D eigenvalue weighted by molar-refractivity contribution is 6.31. The third kappa shape index (κ3) is 3.83. The minimum absolute atomic E-state index is 0.161. The number of aromatic nitrogens is 3. The van der Waals surface area contributed by atoms with E-state index >= 15 is 0 Å². The molecule has 5 rings (SSSR count). The molecule has 0 spiro atoms. The van der Waals surface area contributed by atoms with Gasteiger partial charge in [0.15, 0.2) is 0 Å². The number of hydrogen-bond acceptors (Lipinski definition) is 4. The Balaban J connectivity index is 1.42. The second-order valence-corrected chi connectivity index (χ2v) is 7.74. The normalized spacial score (nSPS) is 12.5. The number of H-pyrrole nitrogens is 1. The number of fused-ring (bicyclic) bond motifs is 2. The molecule has 31 heavy (non-hydrogen) atoms. The number of nitrogens with one attached hydrogen (secondary N) is 1. The van der Waals surface area contributed by atoms with Gasteiger partial charge in [0, 0.05) is 40.9 Å². The Kier molecular flexibility index (Phi) is 5.02. The van der Waals surface area contributed by atoms with E-state index < -0.39 is 0 Å². The summed E-state index contributed by atoms with van der Waals surface area (Å²) in [6.07, 6.45) is 3.62. The lowest BCUT2D eigenvalue weighted by atomic mass is 10.1. The van der Waals surface area contributed by atoms with E-state index in [1.165, 1.54) is 0 Å². The standard InChI is InChI=1S/C24H20ClN3O3/c1-30-24(13-28-14-27-22-10-15(25)2-9-23(22)28)20-12-26-21-11-18(7-8-19(20)21)31-17-5-3-16(29)4-6-17/h2-12,14,24,26,29H,13H2,1H3. The van der Waals surface area contributed by atoms with Crippen LogP contribution in [0.4, 0.5) is 0 Å². The molecule has 2 N–H and O–H groups in total. The molecular formula is C24H20ClN3O3. The molecule has 3 aromatic carbocycles. The summed E-state index contributed by atoms with van der Waals surface area (Å²) < 4.78 is 13.8. The van der Waals surface area contributed by atoms with Gasteiger partial charge < -0.3 is 24.1 Å². The third-order valence-electron chi connectivity index (χ3n) is 5.33. The molecule has 0 amide bonds. The Hall–Kier alpha value is -3.48. The summed E-state index contributed by atoms with van der Waals surface area (Å²) in [5, 5.41) is 11.2. The third-order valence-corrected chi connectivity index (χ3v) is 5.57. The van der Waals surface area contributed by atoms with Crippen LogP contribution in [0.3, 0.4) is 0 Å². The van der Waals surface area contributed by atoms with E-state index in [4.69, 9.17) is 21.1 Å². The van der Waals surface area contributed by atoms with Crippen molar-refractivity contribution in [1.82, 2.24) is 14.5 Å². The first kappa shape index (κ1) is 19.5. The van der Waals surface area contributed by atoms with Crippen molar-refractivity contribution < 1.29 is 14.6 Å². The highest BCUT2D eigenvalue weighted by Gasteiger charge is 2.18. The van der Waals surface area contributed by atoms with Crippen LogP contribution in [0.15, 0.2) is 73.2 Å². The van der Waals surface area contributed by atoms with Crippen molar-refractivity contribution in [1.29, 1.82) is 0 Å². The smallest absolute Gasteiger partial charge is 0.129 e. The summed E-state index contributed by atoms with van der Waals surface area (Å²) in [7, 11) is 1.71. The molecule has 1 atom stereocenters. The number of rotatable bonds is 6. The summed E-state index contributed by atoms with van der Waals surface area (Å²) in [6, 6.07) is 18.2. The molecule has 0 saturated heterocycles. The minimum atomic E-state index is -0.161. The second kappa shape index (κ2) is 7.98. The van der Waals surface area contributed by atoms with Crippen LogP contribution >= 0.6 is 11.6 Å². The SMILES string of the molecule is COC(Cn1cnc2cc(Cl)ccc21)c1c[nH]c2cc(Oc3ccc(O)cc3)ccc12. The lowest BCUT2D eigenvalue weighted by molar-refractivity contribution is 0.0900. The molecule has 0 aliphatic heterocycles. The van der Waals surface area contributed by atoms with Crippen molar-refractivity contribution in [2.24, 2.45) is 0 Å². The zero-order valence-corrected chi connectivity index (χ0v) is 17.5. The van der Waals surface area contributed by atoms with Crippen molar-refractivity contribution >= 4 is 33.5 Å². The van der Waals surface area contributed by atoms with E-state index in [9.17, 15) is 5.11 Å². The van der Waals surface area contributed by atoms with Crippen LogP contribution < -0.4 is 4.74 Å². The highest BCUT2D eigenvalue weighted by atomic mass is 35.5. The van der Waals surface area contributed by atoms with Gasteiger partial charge in [-0.2, -0.15) is 0 Å². The highest BCUT2D eigenvalue weighted by Crippen LogP contribution is 2.32. The van der Waals surface area contributed by atoms with Crippen LogP contribution in [0.5, 0.6) is 17.2 Å². The first-order valence-electron chi connectivity index (χ1n) is 9.82. The van der Waals surface area contributed by atoms with Crippen LogP contribution in [-0.4, -0.2) is 26.8 Å². The number of aromatic amines is 1. The fraction of sp³-hybridized carbons (Fsp3) is 0.125. The quantitative estimate of drug-likeness (QED) is 0.341. The van der Waals surface area contributed by atoms with Gasteiger partial charge in [-0.15, -0.1) is 0 Å². The molecular weight excluding hydrogens is 414 g/mol. The maximum absolute atomic E-state index is 9.42. The summed E-state index contributed by atoms with van der Waals surface area (Å²) in [5.74, 6) is 1.57. The molecule has 7 heteroatoms. The zero-order valence-electron chi connectivity index (χ0n) is 16.7. The van der Waals surface area contributed by atoms with E-state index in [1.807, 2.05) is 48.9 Å². The zero-order chi connectivity index (χ0) is 21.4. The van der Waals surface area contributed by atoms with E-state index in [-0.39, 0.29) is 11.9 Å². The van der Waals surface area contributed by atoms with Gasteiger partial charge in [-0.05, 0) is 54.6 Å². The number of nitrogens with zero attached hydrogens (tertiary/aromatic N) is 2. The molecule has 0 saturated carbocycles. The number of ether oxygens (including phenoxy) is 2. The molecule has 0 fully saturated rings. The Morgan fingerprint density at radius 1 is 1.06 bits per heavy atom. The predicted molar refractivity (Wildman–Crippen MR) is 121 cm³/mol. The first-order chi connectivity index (χ1) is 15.1. The molecule has 156 valence electrons. The van der Waals surface area contributed by atoms with Gasteiger partial charge in [-0.25, -0.2) is 4.98 Å². The second-order valence-electron chi connectivity index (χ2n) is 7.30. The lowest BCUT2D eigenvalue weighted by Gasteiger charge is -2.16. The molecule has 6 nitrogen and oxygen atoms in total. The molecule has 0 aliphatic rings. The van der Waals surface area contributed by atoms with E-state index in [0.717, 1.165) is 27.5 Å². The summed E-state index contributed by atoms with van der Waals surface area (Å²) in [4.78, 5) is 7.77. The predicted octanol–water partition coefficient (Wildman–Crippen LogP) is 6.06. The topological polar surface area (TPSA) is 72.3 Å². The van der Waals surface area contributed by atoms with Crippen LogP contribution in [0, 0.1) is 0 Å². The maximum atomic E-state index is 9.42. The molecule has 0 aliphatic carbocycles. The number of phenols is 1. The fourth-order valence-electron chi connectivity index (χ4n) is 3.77. The van der Waals surface area contributed by atoms with E-state index in [0.29, 0.717) is 23.1 Å². The van der Waals surface area contributed by atoms with Crippen molar-refractivity contribution in [2.45, 2.75) is 12.6 Å². The van der Waals surface area contributed by atoms with Gasteiger partial charge in [0.1, 0.15) is 23.4 Å². The van der Waals surface area contributed by atoms with Crippen molar-refractivity contribution in [3.05, 3.63) is 83.8 Å². The molecule has 2 heterocycles. The summed E-state index contributed by atoms with van der Waals surface area (Å²) >= 11 is 6.08. The number of hydrogen-bond donors (Lipinski definition) is 2. The van der Waals surface area contributed by atoms with Gasteiger partial charge >= 0.3 is 0 Å². The number of aromatic hydroxyl groups is 1. The van der Waals surface area contributed by atoms with Gasteiger partial charge in [-0.1, -0.05) is 11.6 Å². The average molecular weight is 434 g/mol. The largest absolute Gasteiger partial charge is 0.508 e. The van der Waals surface area contributed by atoms with Gasteiger partial charge in [0.2, 0.25) is 0 Å². The summed E-state index contributed by atoms with van der Waals surface area (Å²) in [5.41, 5.74) is 3.88. The monoisotopic (exact) mass is 433 g/mol. The van der Waals surface area contributed by atoms with Crippen molar-refractivity contribution in [2.75, 3.05) is 7.11 Å². The Labute approximate surface area is 183 Å². The molecule has 5 aromatic rings.